The normalized spacial score (nSPS) is 18.2. The van der Waals surface area contributed by atoms with Gasteiger partial charge in [-0.1, -0.05) is 6.07 Å². The maximum atomic E-state index is 11.3. The summed E-state index contributed by atoms with van der Waals surface area (Å²) in [4.78, 5) is 20.3. The molecule has 166 valence electrons. The smallest absolute Gasteiger partial charge is 0.335 e. The van der Waals surface area contributed by atoms with Crippen molar-refractivity contribution in [3.63, 3.8) is 0 Å². The second kappa shape index (κ2) is 9.50. The van der Waals surface area contributed by atoms with E-state index in [9.17, 15) is 9.90 Å². The molecule has 0 bridgehead atoms. The Morgan fingerprint density at radius 3 is 2.59 bits per heavy atom. The van der Waals surface area contributed by atoms with Crippen LogP contribution in [0.2, 0.25) is 0 Å². The summed E-state index contributed by atoms with van der Waals surface area (Å²) in [5.41, 5.74) is 3.17. The monoisotopic (exact) mass is 449 g/mol. The molecule has 0 spiro atoms. The van der Waals surface area contributed by atoms with Gasteiger partial charge in [0.15, 0.2) is 5.11 Å². The standard InChI is InChI=1S/C24H27N5O2S/c1-27(2)14-6-16-29-22(21(26-24(29)32)19-7-3-4-13-25-19)20-8-5-15-28(20)18-11-9-17(10-12-18)23(30)31/h3-5,7-13,15,21-22H,6,14,16H2,1-2H3,(H,26,32)(H,30,31)/t21-,22+/m1/s1. The van der Waals surface area contributed by atoms with Crippen LogP contribution in [0.1, 0.15) is 40.3 Å². The molecule has 32 heavy (non-hydrogen) atoms. The van der Waals surface area contributed by atoms with E-state index >= 15 is 0 Å². The zero-order chi connectivity index (χ0) is 22.7. The first-order chi connectivity index (χ1) is 15.5. The molecule has 0 radical (unpaired) electrons. The maximum absolute atomic E-state index is 11.3. The average Bonchev–Trinajstić information content (AvgIpc) is 3.39. The van der Waals surface area contributed by atoms with Gasteiger partial charge in [0.2, 0.25) is 0 Å². The Labute approximate surface area is 193 Å². The average molecular weight is 450 g/mol. The summed E-state index contributed by atoms with van der Waals surface area (Å²) < 4.78 is 2.10. The van der Waals surface area contributed by atoms with E-state index in [0.717, 1.165) is 41.7 Å². The molecule has 8 heteroatoms. The van der Waals surface area contributed by atoms with E-state index in [2.05, 4.69) is 44.8 Å². The fourth-order valence-corrected chi connectivity index (χ4v) is 4.49. The van der Waals surface area contributed by atoms with Gasteiger partial charge in [0.05, 0.1) is 23.3 Å². The second-order valence-corrected chi connectivity index (χ2v) is 8.52. The number of hydrogen-bond acceptors (Lipinski definition) is 4. The Kier molecular flexibility index (Phi) is 6.53. The Morgan fingerprint density at radius 2 is 1.94 bits per heavy atom. The predicted molar refractivity (Wildman–Crippen MR) is 128 cm³/mol. The van der Waals surface area contributed by atoms with Gasteiger partial charge < -0.3 is 24.8 Å². The van der Waals surface area contributed by atoms with Crippen molar-refractivity contribution in [1.82, 2.24) is 24.7 Å². The number of carboxylic acids is 1. The molecule has 7 nitrogen and oxygen atoms in total. The van der Waals surface area contributed by atoms with Crippen LogP contribution < -0.4 is 5.32 Å². The molecule has 0 saturated carbocycles. The Balaban J connectivity index is 1.72. The van der Waals surface area contributed by atoms with Crippen molar-refractivity contribution in [1.29, 1.82) is 0 Å². The molecule has 3 aromatic rings. The molecule has 1 saturated heterocycles. The number of pyridine rings is 1. The van der Waals surface area contributed by atoms with E-state index in [1.807, 2.05) is 42.6 Å². The van der Waals surface area contributed by atoms with E-state index in [1.165, 1.54) is 0 Å². The lowest BCUT2D eigenvalue weighted by Crippen LogP contribution is -2.33. The maximum Gasteiger partial charge on any atom is 0.335 e. The fraction of sp³-hybridized carbons (Fsp3) is 0.292. The third-order valence-corrected chi connectivity index (χ3v) is 6.03. The Hall–Kier alpha value is -3.23. The summed E-state index contributed by atoms with van der Waals surface area (Å²) >= 11 is 5.75. The summed E-state index contributed by atoms with van der Waals surface area (Å²) in [6, 6.07) is 16.8. The molecule has 0 aliphatic carbocycles. The first-order valence-corrected chi connectivity index (χ1v) is 11.0. The quantitative estimate of drug-likeness (QED) is 0.510. The minimum Gasteiger partial charge on any atom is -0.478 e. The lowest BCUT2D eigenvalue weighted by Gasteiger charge is -2.29. The van der Waals surface area contributed by atoms with E-state index in [-0.39, 0.29) is 17.6 Å². The molecule has 1 aliphatic rings. The zero-order valence-corrected chi connectivity index (χ0v) is 19.0. The highest BCUT2D eigenvalue weighted by molar-refractivity contribution is 7.80. The van der Waals surface area contributed by atoms with Crippen molar-refractivity contribution in [2.45, 2.75) is 18.5 Å². The number of nitrogens with zero attached hydrogens (tertiary/aromatic N) is 4. The highest BCUT2D eigenvalue weighted by Crippen LogP contribution is 2.39. The van der Waals surface area contributed by atoms with Crippen molar-refractivity contribution < 1.29 is 9.90 Å². The fourth-order valence-electron chi connectivity index (χ4n) is 4.16. The SMILES string of the molecule is CN(C)CCCN1C(=S)N[C@H](c2ccccn2)[C@@H]1c1cccn1-c1ccc(C(=O)O)cc1. The number of aromatic nitrogens is 2. The van der Waals surface area contributed by atoms with Gasteiger partial charge in [0.25, 0.3) is 0 Å². The van der Waals surface area contributed by atoms with Crippen LogP contribution in [0.3, 0.4) is 0 Å². The van der Waals surface area contributed by atoms with Crippen LogP contribution >= 0.6 is 12.2 Å². The van der Waals surface area contributed by atoms with E-state index < -0.39 is 5.97 Å². The van der Waals surface area contributed by atoms with Crippen LogP contribution in [0.5, 0.6) is 0 Å². The number of rotatable bonds is 8. The summed E-state index contributed by atoms with van der Waals surface area (Å²) in [5, 5.41) is 13.4. The number of benzene rings is 1. The number of nitrogens with one attached hydrogen (secondary N) is 1. The van der Waals surface area contributed by atoms with Gasteiger partial charge in [0, 0.05) is 30.3 Å². The number of aromatic carboxylic acids is 1. The summed E-state index contributed by atoms with van der Waals surface area (Å²) in [6.07, 6.45) is 4.78. The zero-order valence-electron chi connectivity index (χ0n) is 18.2. The van der Waals surface area contributed by atoms with Gasteiger partial charge >= 0.3 is 5.97 Å². The van der Waals surface area contributed by atoms with Crippen molar-refractivity contribution >= 4 is 23.3 Å². The van der Waals surface area contributed by atoms with Gasteiger partial charge in [0.1, 0.15) is 0 Å². The summed E-state index contributed by atoms with van der Waals surface area (Å²) in [6.45, 7) is 1.79. The molecule has 2 aromatic heterocycles. The molecule has 2 N–H and O–H groups in total. The van der Waals surface area contributed by atoms with Crippen LogP contribution in [0.25, 0.3) is 5.69 Å². The molecule has 0 amide bonds. The van der Waals surface area contributed by atoms with Gasteiger partial charge in [-0.2, -0.15) is 0 Å². The van der Waals surface area contributed by atoms with Crippen LogP contribution in [0, 0.1) is 0 Å². The molecule has 1 aromatic carbocycles. The summed E-state index contributed by atoms with van der Waals surface area (Å²) in [7, 11) is 4.14. The molecule has 1 fully saturated rings. The van der Waals surface area contributed by atoms with Gasteiger partial charge in [-0.25, -0.2) is 4.79 Å². The lowest BCUT2D eigenvalue weighted by atomic mass is 10.0. The third kappa shape index (κ3) is 4.51. The molecule has 1 aliphatic heterocycles. The Morgan fingerprint density at radius 1 is 1.16 bits per heavy atom. The topological polar surface area (TPSA) is 73.6 Å². The highest BCUT2D eigenvalue weighted by Gasteiger charge is 2.40. The molecule has 0 unspecified atom stereocenters. The second-order valence-electron chi connectivity index (χ2n) is 8.13. The van der Waals surface area contributed by atoms with Crippen molar-refractivity contribution in [2.75, 3.05) is 27.2 Å². The molecular formula is C24H27N5O2S. The Bertz CT molecular complexity index is 1080. The lowest BCUT2D eigenvalue weighted by molar-refractivity contribution is 0.0697. The number of thiocarbonyl (C=S) groups is 1. The van der Waals surface area contributed by atoms with Gasteiger partial charge in [-0.15, -0.1) is 0 Å². The largest absolute Gasteiger partial charge is 0.478 e. The molecule has 4 rings (SSSR count). The number of carboxylic acid groups (broad SMARTS) is 1. The van der Waals surface area contributed by atoms with Gasteiger partial charge in [-0.3, -0.25) is 4.98 Å². The van der Waals surface area contributed by atoms with Crippen molar-refractivity contribution in [2.24, 2.45) is 0 Å². The predicted octanol–water partition coefficient (Wildman–Crippen LogP) is 3.49. The van der Waals surface area contributed by atoms with E-state index in [1.54, 1.807) is 18.3 Å². The molecule has 3 heterocycles. The summed E-state index contributed by atoms with van der Waals surface area (Å²) in [5.74, 6) is -0.933. The first kappa shape index (κ1) is 22.0. The minimum absolute atomic E-state index is 0.0475. The third-order valence-electron chi connectivity index (χ3n) is 5.68. The van der Waals surface area contributed by atoms with E-state index in [0.29, 0.717) is 0 Å². The van der Waals surface area contributed by atoms with Crippen molar-refractivity contribution in [3.8, 4) is 5.69 Å². The van der Waals surface area contributed by atoms with Crippen LogP contribution in [0.15, 0.2) is 67.0 Å². The molecular weight excluding hydrogens is 422 g/mol. The van der Waals surface area contributed by atoms with Crippen molar-refractivity contribution in [3.05, 3.63) is 83.9 Å². The van der Waals surface area contributed by atoms with Crippen LogP contribution in [-0.2, 0) is 0 Å². The van der Waals surface area contributed by atoms with Crippen LogP contribution in [-0.4, -0.2) is 62.7 Å². The minimum atomic E-state index is -0.933. The van der Waals surface area contributed by atoms with Crippen LogP contribution in [0.4, 0.5) is 0 Å². The highest BCUT2D eigenvalue weighted by atomic mass is 32.1. The number of carbonyl (C=O) groups is 1. The number of hydrogen-bond donors (Lipinski definition) is 2. The molecule has 2 atom stereocenters. The van der Waals surface area contributed by atoms with Gasteiger partial charge in [-0.05, 0) is 87.8 Å². The first-order valence-electron chi connectivity index (χ1n) is 10.6. The van der Waals surface area contributed by atoms with E-state index in [4.69, 9.17) is 12.2 Å².